The Bertz CT molecular complexity index is 819. The molecule has 9 heteroatoms. The van der Waals surface area contributed by atoms with Gasteiger partial charge in [0.1, 0.15) is 11.7 Å². The summed E-state index contributed by atoms with van der Waals surface area (Å²) < 4.78 is 16.5. The predicted molar refractivity (Wildman–Crippen MR) is 123 cm³/mol. The van der Waals surface area contributed by atoms with Crippen molar-refractivity contribution in [1.29, 1.82) is 0 Å². The fourth-order valence-electron chi connectivity index (χ4n) is 1.87. The van der Waals surface area contributed by atoms with E-state index in [4.69, 9.17) is 0 Å². The van der Waals surface area contributed by atoms with E-state index in [-0.39, 0.29) is 17.3 Å². The van der Waals surface area contributed by atoms with Crippen molar-refractivity contribution >= 4 is 46.0 Å². The molecule has 0 radical (unpaired) electrons. The molecule has 0 fully saturated rings. The highest BCUT2D eigenvalue weighted by Crippen LogP contribution is 2.31. The second-order valence-corrected chi connectivity index (χ2v) is 7.57. The minimum absolute atomic E-state index is 0.111. The van der Waals surface area contributed by atoms with Crippen molar-refractivity contribution < 1.29 is 4.39 Å². The molecular formula is C19H26BrFN6S. The van der Waals surface area contributed by atoms with Gasteiger partial charge in [0.25, 0.3) is 0 Å². The Morgan fingerprint density at radius 2 is 2.00 bits per heavy atom. The minimum atomic E-state index is -0.462. The molecular weight excluding hydrogens is 443 g/mol. The van der Waals surface area contributed by atoms with Crippen molar-refractivity contribution in [3.05, 3.63) is 59.1 Å². The maximum absolute atomic E-state index is 14.4. The maximum Gasteiger partial charge on any atom is 0.133 e. The van der Waals surface area contributed by atoms with Crippen molar-refractivity contribution in [2.45, 2.75) is 33.2 Å². The first-order valence-corrected chi connectivity index (χ1v) is 9.73. The standard InChI is InChI=1S/C19H26BrFN6S/c1-8-11(2)24-26-25-15(6)22-13(4)16-9-19(17(20)10-18(16)21)23-12(3)14(5)27(7)28/h9-11,23,28H,3-5,8H2,1-2,6-7H3,(H,22,24,25). The van der Waals surface area contributed by atoms with Crippen molar-refractivity contribution in [3.8, 4) is 0 Å². The Labute approximate surface area is 180 Å². The molecule has 0 amide bonds. The normalized spacial score (nSPS) is 12.6. The largest absolute Gasteiger partial charge is 0.353 e. The second kappa shape index (κ2) is 11.0. The minimum Gasteiger partial charge on any atom is -0.353 e. The van der Waals surface area contributed by atoms with Crippen LogP contribution in [-0.2, 0) is 0 Å². The number of aliphatic imine (C=N–C) groups is 1. The Morgan fingerprint density at radius 1 is 1.36 bits per heavy atom. The van der Waals surface area contributed by atoms with Crippen LogP contribution in [0.3, 0.4) is 0 Å². The summed E-state index contributed by atoms with van der Waals surface area (Å²) in [7, 11) is 1.73. The molecule has 2 N–H and O–H groups in total. The van der Waals surface area contributed by atoms with Gasteiger partial charge in [0.15, 0.2) is 0 Å². The van der Waals surface area contributed by atoms with E-state index >= 15 is 0 Å². The number of hydrogen-bond acceptors (Lipinski definition) is 6. The number of thiol groups is 1. The lowest BCUT2D eigenvalue weighted by atomic mass is 10.1. The van der Waals surface area contributed by atoms with Crippen LogP contribution < -0.4 is 10.7 Å². The molecule has 0 aliphatic carbocycles. The number of benzene rings is 1. The molecule has 0 saturated carbocycles. The fourth-order valence-corrected chi connectivity index (χ4v) is 2.40. The van der Waals surface area contributed by atoms with E-state index in [1.165, 1.54) is 10.4 Å². The van der Waals surface area contributed by atoms with Gasteiger partial charge >= 0.3 is 0 Å². The molecule has 1 rings (SSSR count). The topological polar surface area (TPSA) is 64.4 Å². The van der Waals surface area contributed by atoms with Gasteiger partial charge in [-0.15, -0.1) is 0 Å². The highest BCUT2D eigenvalue weighted by molar-refractivity contribution is 9.10. The first-order chi connectivity index (χ1) is 13.1. The highest BCUT2D eigenvalue weighted by atomic mass is 79.9. The van der Waals surface area contributed by atoms with Gasteiger partial charge in [-0.2, -0.15) is 5.11 Å². The van der Waals surface area contributed by atoms with E-state index in [2.05, 4.69) is 74.6 Å². The first-order valence-electron chi connectivity index (χ1n) is 8.54. The van der Waals surface area contributed by atoms with E-state index in [9.17, 15) is 4.39 Å². The molecule has 0 aliphatic heterocycles. The van der Waals surface area contributed by atoms with Crippen LogP contribution in [0.1, 0.15) is 32.8 Å². The van der Waals surface area contributed by atoms with Crippen molar-refractivity contribution in [3.63, 3.8) is 0 Å². The molecule has 1 aromatic rings. The summed E-state index contributed by atoms with van der Waals surface area (Å²) in [5, 5.41) is 11.0. The molecule has 0 spiro atoms. The van der Waals surface area contributed by atoms with Crippen LogP contribution in [0.15, 0.2) is 63.1 Å². The van der Waals surface area contributed by atoms with Gasteiger partial charge in [-0.25, -0.2) is 14.8 Å². The van der Waals surface area contributed by atoms with E-state index in [1.807, 2.05) is 13.8 Å². The number of anilines is 1. The van der Waals surface area contributed by atoms with Crippen LogP contribution >= 0.6 is 28.7 Å². The zero-order valence-corrected chi connectivity index (χ0v) is 19.0. The van der Waals surface area contributed by atoms with Gasteiger partial charge in [0.05, 0.1) is 28.8 Å². The van der Waals surface area contributed by atoms with Gasteiger partial charge < -0.3 is 9.62 Å². The van der Waals surface area contributed by atoms with Crippen LogP contribution in [0.5, 0.6) is 0 Å². The zero-order valence-electron chi connectivity index (χ0n) is 16.6. The molecule has 152 valence electrons. The predicted octanol–water partition coefficient (Wildman–Crippen LogP) is 5.95. The fraction of sp³-hybridized carbons (Fsp3) is 0.316. The molecule has 1 unspecified atom stereocenters. The lowest BCUT2D eigenvalue weighted by Gasteiger charge is -2.19. The third-order valence-electron chi connectivity index (χ3n) is 3.75. The number of amidine groups is 1. The van der Waals surface area contributed by atoms with Gasteiger partial charge in [0.2, 0.25) is 0 Å². The van der Waals surface area contributed by atoms with Gasteiger partial charge in [-0.1, -0.05) is 44.7 Å². The molecule has 0 aliphatic rings. The number of nitrogens with zero attached hydrogens (tertiary/aromatic N) is 4. The number of halogens is 2. The van der Waals surface area contributed by atoms with E-state index in [0.717, 1.165) is 6.42 Å². The Balaban J connectivity index is 3.02. The van der Waals surface area contributed by atoms with E-state index in [1.54, 1.807) is 20.0 Å². The summed E-state index contributed by atoms with van der Waals surface area (Å²) in [6.07, 6.45) is 0.884. The van der Waals surface area contributed by atoms with Crippen LogP contribution in [0.25, 0.3) is 5.70 Å². The summed E-state index contributed by atoms with van der Waals surface area (Å²) in [5.41, 5.74) is 4.89. The maximum atomic E-state index is 14.4. The Hall–Kier alpha value is -2.13. The van der Waals surface area contributed by atoms with Crippen molar-refractivity contribution in [1.82, 2.24) is 9.73 Å². The first kappa shape index (κ1) is 23.9. The van der Waals surface area contributed by atoms with Crippen LogP contribution in [-0.4, -0.2) is 23.2 Å². The van der Waals surface area contributed by atoms with Crippen LogP contribution in [0, 0.1) is 5.82 Å². The number of hydrogen-bond donors (Lipinski definition) is 3. The molecule has 1 atom stereocenters. The zero-order chi connectivity index (χ0) is 21.4. The summed E-state index contributed by atoms with van der Waals surface area (Å²) in [6, 6.07) is 3.04. The Morgan fingerprint density at radius 3 is 2.57 bits per heavy atom. The molecule has 0 aromatic heterocycles. The lowest BCUT2D eigenvalue weighted by Crippen LogP contribution is -2.13. The third-order valence-corrected chi connectivity index (χ3v) is 4.65. The van der Waals surface area contributed by atoms with E-state index in [0.29, 0.717) is 27.4 Å². The summed E-state index contributed by atoms with van der Waals surface area (Å²) in [6.45, 7) is 17.3. The highest BCUT2D eigenvalue weighted by Gasteiger charge is 2.13. The molecule has 0 saturated heterocycles. The smallest absolute Gasteiger partial charge is 0.133 e. The average Bonchev–Trinajstić information content (AvgIpc) is 2.62. The number of likely N-dealkylation sites (N-methyl/N-ethyl adjacent to an activating group) is 1. The Kier molecular flexibility index (Phi) is 9.40. The molecule has 28 heavy (non-hydrogen) atoms. The lowest BCUT2D eigenvalue weighted by molar-refractivity contribution is 0.623. The van der Waals surface area contributed by atoms with Crippen molar-refractivity contribution in [2.75, 3.05) is 12.4 Å². The monoisotopic (exact) mass is 468 g/mol. The van der Waals surface area contributed by atoms with Gasteiger partial charge in [-0.05, 0) is 48.3 Å². The summed E-state index contributed by atoms with van der Waals surface area (Å²) >= 11 is 7.52. The average molecular weight is 469 g/mol. The SMILES string of the molecule is C=C(Nc1cc(C(=C)N=C(C)NN=NC(C)CC)c(F)cc1Br)C(=C)N(C)S. The molecule has 1 aromatic carbocycles. The quantitative estimate of drug-likeness (QED) is 0.105. The second-order valence-electron chi connectivity index (χ2n) is 6.11. The summed E-state index contributed by atoms with van der Waals surface area (Å²) in [4.78, 5) is 4.26. The number of rotatable bonds is 9. The number of nitrogens with one attached hydrogen (secondary N) is 2. The summed E-state index contributed by atoms with van der Waals surface area (Å²) in [5.74, 6) is -0.0145. The van der Waals surface area contributed by atoms with Gasteiger partial charge in [0, 0.05) is 17.1 Å². The van der Waals surface area contributed by atoms with Crippen LogP contribution in [0.2, 0.25) is 0 Å². The molecule has 6 nitrogen and oxygen atoms in total. The molecule has 0 bridgehead atoms. The van der Waals surface area contributed by atoms with Crippen LogP contribution in [0.4, 0.5) is 10.1 Å². The van der Waals surface area contributed by atoms with Gasteiger partial charge in [-0.3, -0.25) is 0 Å². The van der Waals surface area contributed by atoms with Crippen molar-refractivity contribution in [2.24, 2.45) is 15.3 Å². The van der Waals surface area contributed by atoms with E-state index < -0.39 is 5.82 Å². The third kappa shape index (κ3) is 7.12. The molecule has 0 heterocycles.